The van der Waals surface area contributed by atoms with E-state index in [1.165, 1.54) is 32.1 Å². The van der Waals surface area contributed by atoms with Crippen LogP contribution in [0.5, 0.6) is 0 Å². The first-order valence-electron chi connectivity index (χ1n) is 3.86. The molecule has 1 spiro atoms. The minimum absolute atomic E-state index is 0.403. The molecule has 0 amide bonds. The summed E-state index contributed by atoms with van der Waals surface area (Å²) in [5.41, 5.74) is 0.403. The van der Waals surface area contributed by atoms with Crippen LogP contribution in [0.4, 0.5) is 0 Å². The van der Waals surface area contributed by atoms with E-state index in [0.717, 1.165) is 6.42 Å². The second-order valence-electron chi connectivity index (χ2n) is 3.20. The summed E-state index contributed by atoms with van der Waals surface area (Å²) in [6.07, 6.45) is 7.85. The average molecular weight is 122 g/mol. The molecule has 1 saturated carbocycles. The summed E-state index contributed by atoms with van der Waals surface area (Å²) in [5.74, 6) is 0. The molecule has 0 aromatic heterocycles. The molecule has 1 heteroatoms. The van der Waals surface area contributed by atoms with E-state index in [4.69, 9.17) is 0 Å². The molecule has 0 saturated heterocycles. The van der Waals surface area contributed by atoms with Gasteiger partial charge in [0.2, 0.25) is 0 Å². The molecular formula is C8H12N+. The number of nitrogens with zero attached hydrogens (tertiary/aromatic N) is 1. The molecule has 1 aliphatic carbocycles. The summed E-state index contributed by atoms with van der Waals surface area (Å²) in [4.78, 5) is 4.42. The van der Waals surface area contributed by atoms with Crippen molar-refractivity contribution in [2.45, 2.75) is 44.1 Å². The van der Waals surface area contributed by atoms with Gasteiger partial charge in [-0.25, -0.2) is 0 Å². The van der Waals surface area contributed by atoms with Crippen molar-refractivity contribution in [3.05, 3.63) is 4.85 Å². The van der Waals surface area contributed by atoms with Gasteiger partial charge in [0, 0.05) is 19.3 Å². The lowest BCUT2D eigenvalue weighted by Crippen LogP contribution is -2.15. The quantitative estimate of drug-likeness (QED) is 0.464. The van der Waals surface area contributed by atoms with Crippen LogP contribution in [0.15, 0.2) is 0 Å². The van der Waals surface area contributed by atoms with E-state index in [1.807, 2.05) is 0 Å². The molecule has 2 aliphatic rings. The smallest absolute Gasteiger partial charge is 0.0771 e. The molecule has 1 nitrogen and oxygen atoms in total. The summed E-state index contributed by atoms with van der Waals surface area (Å²) in [7, 11) is 0. The van der Waals surface area contributed by atoms with Crippen LogP contribution in [0, 0.1) is 6.07 Å². The first kappa shape index (κ1) is 5.29. The SMILES string of the molecule is C1#[N+]C2(CC1)CCCC2. The van der Waals surface area contributed by atoms with Crippen LogP contribution in [0.2, 0.25) is 0 Å². The van der Waals surface area contributed by atoms with Gasteiger partial charge in [0.05, 0.1) is 6.42 Å². The summed E-state index contributed by atoms with van der Waals surface area (Å²) in [6, 6.07) is 3.08. The second-order valence-corrected chi connectivity index (χ2v) is 3.20. The second kappa shape index (κ2) is 1.73. The molecule has 0 radical (unpaired) electrons. The van der Waals surface area contributed by atoms with E-state index in [1.54, 1.807) is 0 Å². The van der Waals surface area contributed by atoms with Crippen LogP contribution in [0.1, 0.15) is 38.5 Å². The maximum Gasteiger partial charge on any atom is 0.282 e. The van der Waals surface area contributed by atoms with Gasteiger partial charge in [-0.2, -0.15) is 0 Å². The molecule has 0 aromatic carbocycles. The fraction of sp³-hybridized carbons (Fsp3) is 0.875. The van der Waals surface area contributed by atoms with Gasteiger partial charge in [-0.15, -0.1) is 0 Å². The van der Waals surface area contributed by atoms with Crippen LogP contribution in [-0.2, 0) is 0 Å². The van der Waals surface area contributed by atoms with Crippen molar-refractivity contribution in [1.29, 1.82) is 0 Å². The van der Waals surface area contributed by atoms with Crippen molar-refractivity contribution in [2.24, 2.45) is 0 Å². The Morgan fingerprint density at radius 2 is 1.89 bits per heavy atom. The first-order valence-corrected chi connectivity index (χ1v) is 3.86. The first-order chi connectivity index (χ1) is 4.41. The molecule has 0 aromatic rings. The molecule has 1 fully saturated rings. The minimum Gasteiger partial charge on any atom is -0.0771 e. The zero-order valence-corrected chi connectivity index (χ0v) is 5.69. The zero-order chi connectivity index (χ0) is 6.16. The van der Waals surface area contributed by atoms with Gasteiger partial charge in [0.15, 0.2) is 0 Å². The van der Waals surface area contributed by atoms with Crippen molar-refractivity contribution >= 4 is 0 Å². The molecule has 48 valence electrons. The highest BCUT2D eigenvalue weighted by Gasteiger charge is 2.46. The molecule has 2 rings (SSSR count). The van der Waals surface area contributed by atoms with E-state index in [9.17, 15) is 0 Å². The van der Waals surface area contributed by atoms with Crippen LogP contribution in [-0.4, -0.2) is 5.54 Å². The summed E-state index contributed by atoms with van der Waals surface area (Å²) in [6.45, 7) is 0. The van der Waals surface area contributed by atoms with Crippen LogP contribution in [0.25, 0.3) is 4.85 Å². The lowest BCUT2D eigenvalue weighted by molar-refractivity contribution is 0.506. The highest BCUT2D eigenvalue weighted by molar-refractivity contribution is 5.14. The van der Waals surface area contributed by atoms with Crippen LogP contribution < -0.4 is 0 Å². The van der Waals surface area contributed by atoms with Crippen molar-refractivity contribution in [3.63, 3.8) is 0 Å². The maximum absolute atomic E-state index is 4.42. The van der Waals surface area contributed by atoms with Gasteiger partial charge in [0.1, 0.15) is 0 Å². The lowest BCUT2D eigenvalue weighted by Gasteiger charge is -2.02. The molecule has 9 heavy (non-hydrogen) atoms. The van der Waals surface area contributed by atoms with Gasteiger partial charge in [-0.3, -0.25) is 0 Å². The monoisotopic (exact) mass is 122 g/mol. The summed E-state index contributed by atoms with van der Waals surface area (Å²) < 4.78 is 0. The normalized spacial score (nSPS) is 28.4. The third-order valence-electron chi connectivity index (χ3n) is 2.55. The molecular weight excluding hydrogens is 110 g/mol. The fourth-order valence-corrected chi connectivity index (χ4v) is 1.96. The molecule has 1 aliphatic heterocycles. The largest absolute Gasteiger partial charge is 0.282 e. The Labute approximate surface area is 55.9 Å². The lowest BCUT2D eigenvalue weighted by atomic mass is 9.95. The molecule has 0 unspecified atom stereocenters. The Bertz CT molecular complexity index is 167. The third-order valence-corrected chi connectivity index (χ3v) is 2.55. The van der Waals surface area contributed by atoms with Gasteiger partial charge in [-0.1, -0.05) is 4.85 Å². The Balaban J connectivity index is 2.17. The zero-order valence-electron chi connectivity index (χ0n) is 5.69. The number of rotatable bonds is 0. The van der Waals surface area contributed by atoms with E-state index < -0.39 is 0 Å². The van der Waals surface area contributed by atoms with Crippen LogP contribution in [0.3, 0.4) is 0 Å². The number of hydrogen-bond donors (Lipinski definition) is 0. The van der Waals surface area contributed by atoms with Crippen molar-refractivity contribution in [2.75, 3.05) is 0 Å². The average Bonchev–Trinajstić information content (AvgIpc) is 2.45. The molecule has 0 atom stereocenters. The Morgan fingerprint density at radius 1 is 1.11 bits per heavy atom. The van der Waals surface area contributed by atoms with Gasteiger partial charge in [0.25, 0.3) is 11.6 Å². The van der Waals surface area contributed by atoms with E-state index >= 15 is 0 Å². The van der Waals surface area contributed by atoms with Crippen molar-refractivity contribution in [3.8, 4) is 6.07 Å². The van der Waals surface area contributed by atoms with E-state index in [0.29, 0.717) is 5.54 Å². The Hall–Kier alpha value is -0.510. The molecule has 0 bridgehead atoms. The molecule has 1 heterocycles. The van der Waals surface area contributed by atoms with Gasteiger partial charge >= 0.3 is 0 Å². The minimum atomic E-state index is 0.403. The van der Waals surface area contributed by atoms with Gasteiger partial charge in [-0.05, 0) is 12.8 Å². The summed E-state index contributed by atoms with van der Waals surface area (Å²) >= 11 is 0. The van der Waals surface area contributed by atoms with Crippen molar-refractivity contribution < 1.29 is 0 Å². The topological polar surface area (TPSA) is 4.36 Å². The Morgan fingerprint density at radius 3 is 2.44 bits per heavy atom. The van der Waals surface area contributed by atoms with Crippen LogP contribution >= 0.6 is 0 Å². The predicted molar refractivity (Wildman–Crippen MR) is 37.7 cm³/mol. The highest BCUT2D eigenvalue weighted by atomic mass is 14.8. The van der Waals surface area contributed by atoms with E-state index in [-0.39, 0.29) is 0 Å². The molecule has 0 N–H and O–H groups in total. The van der Waals surface area contributed by atoms with Crippen molar-refractivity contribution in [1.82, 2.24) is 0 Å². The standard InChI is InChI=1S/C8H12N/c1-2-5-8(4-1)6-3-7-9-8/h1-6H2/q+1. The van der Waals surface area contributed by atoms with Gasteiger partial charge < -0.3 is 0 Å². The number of hydrogen-bond acceptors (Lipinski definition) is 0. The maximum atomic E-state index is 4.42. The van der Waals surface area contributed by atoms with E-state index in [2.05, 4.69) is 10.9 Å². The Kier molecular flexibility index (Phi) is 1.02. The highest BCUT2D eigenvalue weighted by Crippen LogP contribution is 2.39. The predicted octanol–water partition coefficient (Wildman–Crippen LogP) is 2.43. The fourth-order valence-electron chi connectivity index (χ4n) is 1.96. The summed E-state index contributed by atoms with van der Waals surface area (Å²) in [5, 5.41) is 0. The third kappa shape index (κ3) is 0.738.